The Morgan fingerprint density at radius 2 is 1.91 bits per heavy atom. The second kappa shape index (κ2) is 9.65. The van der Waals surface area contributed by atoms with E-state index in [4.69, 9.17) is 4.74 Å². The molecule has 1 heterocycles. The number of carbonyl (C=O) groups is 1. The van der Waals surface area contributed by atoms with Crippen LogP contribution in [0.4, 0.5) is 0 Å². The van der Waals surface area contributed by atoms with E-state index >= 15 is 0 Å². The molecule has 1 fully saturated rings. The predicted octanol–water partition coefficient (Wildman–Crippen LogP) is 1.42. The van der Waals surface area contributed by atoms with Gasteiger partial charge in [-0.1, -0.05) is 44.2 Å². The van der Waals surface area contributed by atoms with Crippen molar-refractivity contribution < 1.29 is 9.53 Å². The van der Waals surface area contributed by atoms with Gasteiger partial charge in [0.25, 0.3) is 0 Å². The maximum atomic E-state index is 12.0. The molecule has 0 radical (unpaired) electrons. The summed E-state index contributed by atoms with van der Waals surface area (Å²) in [5, 5.41) is 6.37. The van der Waals surface area contributed by atoms with Gasteiger partial charge >= 0.3 is 0 Å². The molecule has 1 atom stereocenters. The fourth-order valence-electron chi connectivity index (χ4n) is 2.61. The largest absolute Gasteiger partial charge is 0.379 e. The quantitative estimate of drug-likeness (QED) is 0.761. The number of morpholine rings is 1. The van der Waals surface area contributed by atoms with Crippen LogP contribution in [0.1, 0.15) is 25.5 Å². The highest BCUT2D eigenvalue weighted by Crippen LogP contribution is 2.14. The molecule has 1 amide bonds. The van der Waals surface area contributed by atoms with Crippen LogP contribution in [-0.2, 0) is 9.53 Å². The zero-order chi connectivity index (χ0) is 16.5. The minimum atomic E-state index is 0.0570. The summed E-state index contributed by atoms with van der Waals surface area (Å²) < 4.78 is 5.41. The fourth-order valence-corrected chi connectivity index (χ4v) is 2.61. The van der Waals surface area contributed by atoms with Gasteiger partial charge in [-0.2, -0.15) is 0 Å². The van der Waals surface area contributed by atoms with Crippen molar-refractivity contribution in [1.29, 1.82) is 0 Å². The minimum absolute atomic E-state index is 0.0570. The molecule has 1 aromatic rings. The van der Waals surface area contributed by atoms with Crippen LogP contribution in [0.2, 0.25) is 0 Å². The molecule has 5 nitrogen and oxygen atoms in total. The SMILES string of the molecule is CC(C)CNC(=O)CN[C@H](CN1CCOCC1)c1ccccc1. The molecular weight excluding hydrogens is 290 g/mol. The molecule has 2 N–H and O–H groups in total. The molecule has 0 aromatic heterocycles. The molecular formula is C18H29N3O2. The van der Waals surface area contributed by atoms with Crippen LogP contribution in [0.15, 0.2) is 30.3 Å². The Morgan fingerprint density at radius 1 is 1.22 bits per heavy atom. The van der Waals surface area contributed by atoms with Crippen molar-refractivity contribution in [2.24, 2.45) is 5.92 Å². The summed E-state index contributed by atoms with van der Waals surface area (Å²) in [4.78, 5) is 14.4. The Morgan fingerprint density at radius 3 is 2.57 bits per heavy atom. The normalized spacial score (nSPS) is 17.2. The number of hydrogen-bond acceptors (Lipinski definition) is 4. The van der Waals surface area contributed by atoms with Crippen LogP contribution < -0.4 is 10.6 Å². The zero-order valence-electron chi connectivity index (χ0n) is 14.3. The van der Waals surface area contributed by atoms with Crippen molar-refractivity contribution in [2.75, 3.05) is 45.9 Å². The third-order valence-corrected chi connectivity index (χ3v) is 3.96. The Labute approximate surface area is 139 Å². The lowest BCUT2D eigenvalue weighted by atomic mass is 10.1. The Bertz CT molecular complexity index is 459. The van der Waals surface area contributed by atoms with Crippen LogP contribution in [0, 0.1) is 5.92 Å². The highest BCUT2D eigenvalue weighted by molar-refractivity contribution is 5.78. The first kappa shape index (κ1) is 17.9. The topological polar surface area (TPSA) is 53.6 Å². The molecule has 2 rings (SSSR count). The van der Waals surface area contributed by atoms with Crippen molar-refractivity contribution in [3.8, 4) is 0 Å². The molecule has 0 saturated carbocycles. The summed E-state index contributed by atoms with van der Waals surface area (Å²) in [5.74, 6) is 0.527. The van der Waals surface area contributed by atoms with Crippen LogP contribution in [-0.4, -0.2) is 56.7 Å². The highest BCUT2D eigenvalue weighted by atomic mass is 16.5. The van der Waals surface area contributed by atoms with E-state index in [0.717, 1.165) is 39.4 Å². The lowest BCUT2D eigenvalue weighted by molar-refractivity contribution is -0.120. The van der Waals surface area contributed by atoms with Crippen molar-refractivity contribution in [3.05, 3.63) is 35.9 Å². The van der Waals surface area contributed by atoms with E-state index in [9.17, 15) is 4.79 Å². The van der Waals surface area contributed by atoms with E-state index in [1.807, 2.05) is 18.2 Å². The predicted molar refractivity (Wildman–Crippen MR) is 92.3 cm³/mol. The Hall–Kier alpha value is -1.43. The van der Waals surface area contributed by atoms with E-state index in [2.05, 4.69) is 41.5 Å². The number of hydrogen-bond donors (Lipinski definition) is 2. The molecule has 128 valence electrons. The van der Waals surface area contributed by atoms with E-state index in [-0.39, 0.29) is 11.9 Å². The molecule has 5 heteroatoms. The monoisotopic (exact) mass is 319 g/mol. The molecule has 0 bridgehead atoms. The van der Waals surface area contributed by atoms with Gasteiger partial charge in [0.1, 0.15) is 0 Å². The van der Waals surface area contributed by atoms with Gasteiger partial charge in [-0.3, -0.25) is 9.69 Å². The minimum Gasteiger partial charge on any atom is -0.379 e. The summed E-state index contributed by atoms with van der Waals surface area (Å²) in [6.07, 6.45) is 0. The average molecular weight is 319 g/mol. The number of rotatable bonds is 8. The van der Waals surface area contributed by atoms with Crippen LogP contribution in [0.3, 0.4) is 0 Å². The fraction of sp³-hybridized carbons (Fsp3) is 0.611. The second-order valence-electron chi connectivity index (χ2n) is 6.46. The highest BCUT2D eigenvalue weighted by Gasteiger charge is 2.18. The Balaban J connectivity index is 1.89. The summed E-state index contributed by atoms with van der Waals surface area (Å²) in [6.45, 7) is 9.63. The molecule has 1 aliphatic heterocycles. The van der Waals surface area contributed by atoms with Crippen LogP contribution in [0.5, 0.6) is 0 Å². The van der Waals surface area contributed by atoms with E-state index < -0.39 is 0 Å². The maximum Gasteiger partial charge on any atom is 0.233 e. The van der Waals surface area contributed by atoms with Gasteiger partial charge in [0.05, 0.1) is 19.8 Å². The van der Waals surface area contributed by atoms with Gasteiger partial charge < -0.3 is 15.4 Å². The van der Waals surface area contributed by atoms with E-state index in [1.165, 1.54) is 5.56 Å². The number of nitrogens with one attached hydrogen (secondary N) is 2. The standard InChI is InChI=1S/C18H29N3O2/c1-15(2)12-20-18(22)13-19-17(16-6-4-3-5-7-16)14-21-8-10-23-11-9-21/h3-7,15,17,19H,8-14H2,1-2H3,(H,20,22)/t17-/m1/s1. The van der Waals surface area contributed by atoms with Gasteiger partial charge in [-0.05, 0) is 11.5 Å². The van der Waals surface area contributed by atoms with Gasteiger partial charge in [0, 0.05) is 32.2 Å². The number of ether oxygens (including phenoxy) is 1. The summed E-state index contributed by atoms with van der Waals surface area (Å²) >= 11 is 0. The lowest BCUT2D eigenvalue weighted by Gasteiger charge is -2.31. The summed E-state index contributed by atoms with van der Waals surface area (Å²) in [6, 6.07) is 10.5. The summed E-state index contributed by atoms with van der Waals surface area (Å²) in [5.41, 5.74) is 1.22. The maximum absolute atomic E-state index is 12.0. The smallest absolute Gasteiger partial charge is 0.233 e. The molecule has 1 aliphatic rings. The van der Waals surface area contributed by atoms with Crippen molar-refractivity contribution in [2.45, 2.75) is 19.9 Å². The lowest BCUT2D eigenvalue weighted by Crippen LogP contribution is -2.44. The van der Waals surface area contributed by atoms with Gasteiger partial charge in [-0.15, -0.1) is 0 Å². The third-order valence-electron chi connectivity index (χ3n) is 3.96. The first-order valence-corrected chi connectivity index (χ1v) is 8.50. The Kier molecular flexibility index (Phi) is 7.52. The van der Waals surface area contributed by atoms with Crippen LogP contribution in [0.25, 0.3) is 0 Å². The second-order valence-corrected chi connectivity index (χ2v) is 6.46. The van der Waals surface area contributed by atoms with E-state index in [1.54, 1.807) is 0 Å². The van der Waals surface area contributed by atoms with Crippen LogP contribution >= 0.6 is 0 Å². The van der Waals surface area contributed by atoms with Crippen molar-refractivity contribution in [3.63, 3.8) is 0 Å². The number of carbonyl (C=O) groups excluding carboxylic acids is 1. The zero-order valence-corrected chi connectivity index (χ0v) is 14.3. The van der Waals surface area contributed by atoms with Crippen molar-refractivity contribution >= 4 is 5.91 Å². The molecule has 0 spiro atoms. The first-order chi connectivity index (χ1) is 11.1. The molecule has 0 unspecified atom stereocenters. The molecule has 1 saturated heterocycles. The molecule has 0 aliphatic carbocycles. The molecule has 1 aromatic carbocycles. The third kappa shape index (κ3) is 6.69. The van der Waals surface area contributed by atoms with E-state index in [0.29, 0.717) is 12.5 Å². The average Bonchev–Trinajstić information content (AvgIpc) is 2.58. The van der Waals surface area contributed by atoms with Crippen molar-refractivity contribution in [1.82, 2.24) is 15.5 Å². The molecule has 23 heavy (non-hydrogen) atoms. The van der Waals surface area contributed by atoms with Gasteiger partial charge in [0.2, 0.25) is 5.91 Å². The summed E-state index contributed by atoms with van der Waals surface area (Å²) in [7, 11) is 0. The number of amides is 1. The van der Waals surface area contributed by atoms with Gasteiger partial charge in [0.15, 0.2) is 0 Å². The number of benzene rings is 1. The first-order valence-electron chi connectivity index (χ1n) is 8.50. The van der Waals surface area contributed by atoms with Gasteiger partial charge in [-0.25, -0.2) is 0 Å². The number of nitrogens with zero attached hydrogens (tertiary/aromatic N) is 1.